The summed E-state index contributed by atoms with van der Waals surface area (Å²) in [5.41, 5.74) is 5.26. The van der Waals surface area contributed by atoms with Crippen molar-refractivity contribution in [1.29, 1.82) is 0 Å². The van der Waals surface area contributed by atoms with E-state index in [2.05, 4.69) is 17.1 Å². The topological polar surface area (TPSA) is 76.5 Å². The largest absolute Gasteiger partial charge is 0.481 e. The van der Waals surface area contributed by atoms with Crippen molar-refractivity contribution >= 4 is 45.1 Å². The van der Waals surface area contributed by atoms with E-state index in [9.17, 15) is 14.7 Å². The number of hydrogen-bond acceptors (Lipinski definition) is 5. The first-order valence-corrected chi connectivity index (χ1v) is 11.8. The van der Waals surface area contributed by atoms with E-state index in [1.165, 1.54) is 11.3 Å². The Morgan fingerprint density at radius 3 is 2.30 bits per heavy atom. The van der Waals surface area contributed by atoms with Crippen molar-refractivity contribution in [2.75, 3.05) is 6.61 Å². The number of rotatable bonds is 7. The first kappa shape index (κ1) is 21.6. The van der Waals surface area contributed by atoms with Gasteiger partial charge in [0.1, 0.15) is 6.61 Å². The number of benzene rings is 3. The maximum atomic E-state index is 12.6. The van der Waals surface area contributed by atoms with Crippen molar-refractivity contribution in [1.82, 2.24) is 4.98 Å². The first-order valence-electron chi connectivity index (χ1n) is 10.6. The van der Waals surface area contributed by atoms with Gasteiger partial charge in [0, 0.05) is 12.3 Å². The molecule has 0 radical (unpaired) electrons. The van der Waals surface area contributed by atoms with Crippen molar-refractivity contribution in [3.8, 4) is 11.1 Å². The van der Waals surface area contributed by atoms with Crippen molar-refractivity contribution < 1.29 is 19.4 Å². The molecule has 0 fully saturated rings. The number of hydrogen-bond donors (Lipinski definition) is 1. The van der Waals surface area contributed by atoms with Gasteiger partial charge in [-0.3, -0.25) is 9.59 Å². The standard InChI is InChI=1S/C26H20ClNO4S/c27-21-10-5-11-22-25(21)33-23(28-22)12-15(26(30)31)13-24(29)32-14-20-18-8-3-1-6-16(18)17-7-2-4-9-19(17)20/h1-11,15,20H,12-14H2,(H,30,31)/t15-/m1/s1. The Kier molecular flexibility index (Phi) is 5.87. The highest BCUT2D eigenvalue weighted by Gasteiger charge is 2.30. The molecule has 1 atom stereocenters. The second-order valence-corrected chi connectivity index (χ2v) is 9.54. The first-order chi connectivity index (χ1) is 16.0. The van der Waals surface area contributed by atoms with Crippen LogP contribution in [0.5, 0.6) is 0 Å². The maximum absolute atomic E-state index is 12.6. The minimum Gasteiger partial charge on any atom is -0.481 e. The Morgan fingerprint density at radius 1 is 1.00 bits per heavy atom. The number of fused-ring (bicyclic) bond motifs is 4. The highest BCUT2D eigenvalue weighted by Crippen LogP contribution is 2.44. The molecular formula is C26H20ClNO4S. The van der Waals surface area contributed by atoms with Gasteiger partial charge in [-0.15, -0.1) is 11.3 Å². The summed E-state index contributed by atoms with van der Waals surface area (Å²) >= 11 is 7.57. The van der Waals surface area contributed by atoms with E-state index < -0.39 is 17.9 Å². The summed E-state index contributed by atoms with van der Waals surface area (Å²) in [5, 5.41) is 10.9. The molecule has 3 aromatic carbocycles. The van der Waals surface area contributed by atoms with Gasteiger partial charge in [-0.05, 0) is 34.4 Å². The van der Waals surface area contributed by atoms with Crippen LogP contribution in [0.15, 0.2) is 66.7 Å². The van der Waals surface area contributed by atoms with Gasteiger partial charge in [-0.2, -0.15) is 0 Å². The Hall–Kier alpha value is -3.22. The van der Waals surface area contributed by atoms with E-state index >= 15 is 0 Å². The maximum Gasteiger partial charge on any atom is 0.307 e. The van der Waals surface area contributed by atoms with Gasteiger partial charge in [0.05, 0.1) is 32.6 Å². The van der Waals surface area contributed by atoms with Crippen molar-refractivity contribution in [3.63, 3.8) is 0 Å². The zero-order valence-corrected chi connectivity index (χ0v) is 19.1. The van der Waals surface area contributed by atoms with Gasteiger partial charge >= 0.3 is 11.9 Å². The summed E-state index contributed by atoms with van der Waals surface area (Å²) in [6.45, 7) is 0.177. The Balaban J connectivity index is 1.27. The fourth-order valence-electron chi connectivity index (χ4n) is 4.38. The van der Waals surface area contributed by atoms with Crippen LogP contribution in [-0.2, 0) is 20.7 Å². The average Bonchev–Trinajstić information content (AvgIpc) is 3.37. The van der Waals surface area contributed by atoms with Gasteiger partial charge in [0.2, 0.25) is 0 Å². The van der Waals surface area contributed by atoms with E-state index in [0.717, 1.165) is 32.5 Å². The molecule has 1 aliphatic carbocycles. The minimum atomic E-state index is -1.05. The fraction of sp³-hybridized carbons (Fsp3) is 0.192. The zero-order chi connectivity index (χ0) is 22.9. The third-order valence-electron chi connectivity index (χ3n) is 5.97. The molecule has 7 heteroatoms. The van der Waals surface area contributed by atoms with Crippen LogP contribution in [0.1, 0.15) is 28.5 Å². The molecule has 1 aromatic heterocycles. The minimum absolute atomic E-state index is 0.0592. The molecule has 1 heterocycles. The van der Waals surface area contributed by atoms with Crippen LogP contribution in [0, 0.1) is 5.92 Å². The third-order valence-corrected chi connectivity index (χ3v) is 7.52. The second kappa shape index (κ2) is 8.96. The lowest BCUT2D eigenvalue weighted by molar-refractivity contribution is -0.151. The van der Waals surface area contributed by atoms with Gasteiger partial charge in [-0.25, -0.2) is 4.98 Å². The summed E-state index contributed by atoms with van der Waals surface area (Å²) in [6, 6.07) is 21.6. The quantitative estimate of drug-likeness (QED) is 0.333. The van der Waals surface area contributed by atoms with E-state index in [1.807, 2.05) is 42.5 Å². The lowest BCUT2D eigenvalue weighted by Crippen LogP contribution is -2.22. The molecule has 4 aromatic rings. The highest BCUT2D eigenvalue weighted by atomic mass is 35.5. The Bertz CT molecular complexity index is 1320. The third kappa shape index (κ3) is 4.24. The molecule has 5 nitrogen and oxygen atoms in total. The molecule has 166 valence electrons. The van der Waals surface area contributed by atoms with Gasteiger partial charge in [0.15, 0.2) is 0 Å². The number of carboxylic acid groups (broad SMARTS) is 1. The fourth-order valence-corrected chi connectivity index (χ4v) is 5.72. The number of carboxylic acids is 1. The smallest absolute Gasteiger partial charge is 0.307 e. The van der Waals surface area contributed by atoms with Crippen LogP contribution in [0.25, 0.3) is 21.3 Å². The van der Waals surface area contributed by atoms with E-state index in [1.54, 1.807) is 12.1 Å². The van der Waals surface area contributed by atoms with Crippen LogP contribution in [-0.4, -0.2) is 28.6 Å². The molecule has 0 unspecified atom stereocenters. The molecule has 0 saturated heterocycles. The number of ether oxygens (including phenoxy) is 1. The van der Waals surface area contributed by atoms with E-state index in [0.29, 0.717) is 10.0 Å². The van der Waals surface area contributed by atoms with Gasteiger partial charge < -0.3 is 9.84 Å². The number of nitrogens with zero attached hydrogens (tertiary/aromatic N) is 1. The number of halogens is 1. The Labute approximate surface area is 199 Å². The predicted octanol–water partition coefficient (Wildman–Crippen LogP) is 5.94. The molecule has 0 spiro atoms. The number of carbonyl (C=O) groups is 2. The molecule has 1 N–H and O–H groups in total. The van der Waals surface area contributed by atoms with Crippen LogP contribution >= 0.6 is 22.9 Å². The molecule has 0 bridgehead atoms. The number of thiazole rings is 1. The molecule has 0 saturated carbocycles. The van der Waals surface area contributed by atoms with Crippen molar-refractivity contribution in [3.05, 3.63) is 87.9 Å². The molecule has 33 heavy (non-hydrogen) atoms. The van der Waals surface area contributed by atoms with Crippen LogP contribution in [0.2, 0.25) is 5.02 Å². The highest BCUT2D eigenvalue weighted by molar-refractivity contribution is 7.19. The van der Waals surface area contributed by atoms with Crippen LogP contribution in [0.3, 0.4) is 0 Å². The molecule has 5 rings (SSSR count). The van der Waals surface area contributed by atoms with Gasteiger partial charge in [0.25, 0.3) is 0 Å². The summed E-state index contributed by atoms with van der Waals surface area (Å²) in [6.07, 6.45) is -0.0653. The zero-order valence-electron chi connectivity index (χ0n) is 17.5. The lowest BCUT2D eigenvalue weighted by atomic mass is 9.98. The average molecular weight is 478 g/mol. The number of esters is 1. The molecule has 0 amide bonds. The van der Waals surface area contributed by atoms with Crippen LogP contribution in [0.4, 0.5) is 0 Å². The van der Waals surface area contributed by atoms with E-state index in [-0.39, 0.29) is 25.4 Å². The van der Waals surface area contributed by atoms with E-state index in [4.69, 9.17) is 16.3 Å². The lowest BCUT2D eigenvalue weighted by Gasteiger charge is -2.15. The summed E-state index contributed by atoms with van der Waals surface area (Å²) in [4.78, 5) is 29.0. The van der Waals surface area contributed by atoms with Gasteiger partial charge in [-0.1, -0.05) is 66.2 Å². The number of aromatic nitrogens is 1. The summed E-state index contributed by atoms with van der Waals surface area (Å²) in [7, 11) is 0. The van der Waals surface area contributed by atoms with Crippen molar-refractivity contribution in [2.45, 2.75) is 18.8 Å². The SMILES string of the molecule is O=C(C[C@@H](Cc1nc2cccc(Cl)c2s1)C(=O)O)OCC1c2ccccc2-c2ccccc21. The molecule has 0 aliphatic heterocycles. The second-order valence-electron chi connectivity index (χ2n) is 8.05. The molecule has 1 aliphatic rings. The molecular weight excluding hydrogens is 458 g/mol. The summed E-state index contributed by atoms with van der Waals surface area (Å²) < 4.78 is 6.41. The number of carbonyl (C=O) groups excluding carboxylic acids is 1. The van der Waals surface area contributed by atoms with Crippen LogP contribution < -0.4 is 0 Å². The van der Waals surface area contributed by atoms with Crippen molar-refractivity contribution in [2.24, 2.45) is 5.92 Å². The number of aliphatic carboxylic acids is 1. The Morgan fingerprint density at radius 2 is 1.67 bits per heavy atom. The predicted molar refractivity (Wildman–Crippen MR) is 129 cm³/mol. The summed E-state index contributed by atoms with van der Waals surface area (Å²) in [5.74, 6) is -2.55. The monoisotopic (exact) mass is 477 g/mol. The normalized spacial score (nSPS) is 13.5.